The summed E-state index contributed by atoms with van der Waals surface area (Å²) in [5.41, 5.74) is 11.3. The normalized spacial score (nSPS) is 11.6. The zero-order valence-electron chi connectivity index (χ0n) is 26.9. The van der Waals surface area contributed by atoms with Crippen LogP contribution in [0.1, 0.15) is 0 Å². The van der Waals surface area contributed by atoms with Gasteiger partial charge in [0.1, 0.15) is 11.2 Å². The van der Waals surface area contributed by atoms with Gasteiger partial charge in [0.25, 0.3) is 0 Å². The van der Waals surface area contributed by atoms with Gasteiger partial charge in [-0.15, -0.1) is 11.3 Å². The summed E-state index contributed by atoms with van der Waals surface area (Å²) in [7, 11) is 0. The van der Waals surface area contributed by atoms with Crippen molar-refractivity contribution in [2.24, 2.45) is 0 Å². The predicted octanol–water partition coefficient (Wildman–Crippen LogP) is 13.1. The number of hydrogen-bond acceptors (Lipinski definition) is 4. The van der Waals surface area contributed by atoms with Crippen molar-refractivity contribution in [3.05, 3.63) is 170 Å². The number of benzene rings is 7. The molecule has 0 spiro atoms. The van der Waals surface area contributed by atoms with Gasteiger partial charge in [-0.25, -0.2) is 9.97 Å². The van der Waals surface area contributed by atoms with Gasteiger partial charge in [-0.05, 0) is 58.7 Å². The molecule has 4 heteroatoms. The zero-order valence-corrected chi connectivity index (χ0v) is 27.7. The summed E-state index contributed by atoms with van der Waals surface area (Å²) in [5, 5.41) is 4.65. The summed E-state index contributed by atoms with van der Waals surface area (Å²) in [5.74, 6) is 0.678. The topological polar surface area (TPSA) is 38.9 Å². The summed E-state index contributed by atoms with van der Waals surface area (Å²) < 4.78 is 8.66. The number of thiophene rings is 1. The van der Waals surface area contributed by atoms with E-state index < -0.39 is 0 Å². The van der Waals surface area contributed by atoms with E-state index in [1.807, 2.05) is 35.6 Å². The Bertz CT molecular complexity index is 2870. The Morgan fingerprint density at radius 1 is 0.380 bits per heavy atom. The largest absolute Gasteiger partial charge is 0.456 e. The van der Waals surface area contributed by atoms with Crippen LogP contribution in [0.15, 0.2) is 174 Å². The number of nitrogens with zero attached hydrogens (tertiary/aromatic N) is 2. The molecule has 3 nitrogen and oxygen atoms in total. The number of aromatic nitrogens is 2. The van der Waals surface area contributed by atoms with Crippen molar-refractivity contribution in [3.63, 3.8) is 0 Å². The second-order valence-corrected chi connectivity index (χ2v) is 13.6. The van der Waals surface area contributed by atoms with Gasteiger partial charge in [-0.2, -0.15) is 0 Å². The summed E-state index contributed by atoms with van der Waals surface area (Å²) in [6.45, 7) is 0. The average molecular weight is 657 g/mol. The van der Waals surface area contributed by atoms with Gasteiger partial charge in [-0.1, -0.05) is 133 Å². The molecule has 3 aromatic heterocycles. The van der Waals surface area contributed by atoms with Crippen LogP contribution < -0.4 is 0 Å². The van der Waals surface area contributed by atoms with E-state index >= 15 is 0 Å². The SMILES string of the molecule is c1ccc(-c2ccc(-c3ccccc3-c3cc(-c4cccc5c4sc4ccccc45)nc(-c4ccc5oc6ccccc6c5c4)n3)cc2)cc1. The van der Waals surface area contributed by atoms with E-state index in [0.29, 0.717) is 5.82 Å². The van der Waals surface area contributed by atoms with Crippen LogP contribution in [-0.4, -0.2) is 9.97 Å². The van der Waals surface area contributed by atoms with E-state index in [4.69, 9.17) is 14.4 Å². The minimum atomic E-state index is 0.678. The summed E-state index contributed by atoms with van der Waals surface area (Å²) >= 11 is 1.82. The monoisotopic (exact) mass is 656 g/mol. The fraction of sp³-hybridized carbons (Fsp3) is 0. The van der Waals surface area contributed by atoms with Crippen molar-refractivity contribution in [2.45, 2.75) is 0 Å². The summed E-state index contributed by atoms with van der Waals surface area (Å²) in [4.78, 5) is 10.6. The average Bonchev–Trinajstić information content (AvgIpc) is 3.76. The predicted molar refractivity (Wildman–Crippen MR) is 209 cm³/mol. The van der Waals surface area contributed by atoms with E-state index in [0.717, 1.165) is 61.1 Å². The molecule has 0 radical (unpaired) electrons. The Morgan fingerprint density at radius 2 is 0.980 bits per heavy atom. The van der Waals surface area contributed by atoms with Crippen LogP contribution in [0.25, 0.3) is 98.3 Å². The number of rotatable bonds is 5. The van der Waals surface area contributed by atoms with Crippen molar-refractivity contribution in [2.75, 3.05) is 0 Å². The molecule has 0 saturated heterocycles. The maximum atomic E-state index is 6.17. The molecule has 0 aliphatic carbocycles. The van der Waals surface area contributed by atoms with Gasteiger partial charge >= 0.3 is 0 Å². The Morgan fingerprint density at radius 3 is 1.84 bits per heavy atom. The van der Waals surface area contributed by atoms with Gasteiger partial charge in [0.2, 0.25) is 0 Å². The maximum Gasteiger partial charge on any atom is 0.160 e. The van der Waals surface area contributed by atoms with Crippen molar-refractivity contribution in [1.82, 2.24) is 9.97 Å². The second kappa shape index (κ2) is 11.7. The maximum absolute atomic E-state index is 6.17. The molecule has 0 atom stereocenters. The molecule has 50 heavy (non-hydrogen) atoms. The van der Waals surface area contributed by atoms with Crippen molar-refractivity contribution in [3.8, 4) is 56.2 Å². The van der Waals surface area contributed by atoms with Crippen molar-refractivity contribution in [1.29, 1.82) is 0 Å². The van der Waals surface area contributed by atoms with Crippen LogP contribution in [0.5, 0.6) is 0 Å². The number of fused-ring (bicyclic) bond motifs is 6. The first-order valence-electron chi connectivity index (χ1n) is 16.7. The molecule has 3 heterocycles. The lowest BCUT2D eigenvalue weighted by Gasteiger charge is -2.14. The summed E-state index contributed by atoms with van der Waals surface area (Å²) in [6.07, 6.45) is 0. The molecule has 0 saturated carbocycles. The van der Waals surface area contributed by atoms with Crippen LogP contribution in [0, 0.1) is 0 Å². The van der Waals surface area contributed by atoms with E-state index in [-0.39, 0.29) is 0 Å². The minimum Gasteiger partial charge on any atom is -0.456 e. The Kier molecular flexibility index (Phi) is 6.68. The first kappa shape index (κ1) is 28.6. The molecule has 0 unspecified atom stereocenters. The second-order valence-electron chi connectivity index (χ2n) is 12.5. The minimum absolute atomic E-state index is 0.678. The summed E-state index contributed by atoms with van der Waals surface area (Å²) in [6, 6.07) is 59.6. The van der Waals surface area contributed by atoms with Crippen LogP contribution in [0.4, 0.5) is 0 Å². The van der Waals surface area contributed by atoms with Crippen LogP contribution in [0.2, 0.25) is 0 Å². The Balaban J connectivity index is 1.18. The molecular weight excluding hydrogens is 629 g/mol. The molecule has 0 fully saturated rings. The van der Waals surface area contributed by atoms with E-state index in [9.17, 15) is 0 Å². The third kappa shape index (κ3) is 4.80. The highest BCUT2D eigenvalue weighted by Crippen LogP contribution is 2.42. The molecule has 0 amide bonds. The van der Waals surface area contributed by atoms with Gasteiger partial charge in [0.15, 0.2) is 5.82 Å². The highest BCUT2D eigenvalue weighted by Gasteiger charge is 2.18. The molecule has 10 aromatic rings. The van der Waals surface area contributed by atoms with Crippen LogP contribution in [-0.2, 0) is 0 Å². The molecule has 7 aromatic carbocycles. The molecular formula is C46H28N2OS. The highest BCUT2D eigenvalue weighted by atomic mass is 32.1. The fourth-order valence-electron chi connectivity index (χ4n) is 7.10. The van der Waals surface area contributed by atoms with Gasteiger partial charge in [0.05, 0.1) is 11.4 Å². The molecule has 10 rings (SSSR count). The third-order valence-electron chi connectivity index (χ3n) is 9.55. The van der Waals surface area contributed by atoms with Crippen LogP contribution in [0.3, 0.4) is 0 Å². The standard InChI is InChI=1S/C46H28N2OS/c1-2-11-29(12-3-1)30-21-23-31(24-22-30)33-13-4-5-14-34(33)40-28-41(38-18-10-17-37-36-16-7-9-20-44(36)50-45(37)38)48-46(47-40)32-25-26-43-39(27-32)35-15-6-8-19-42(35)49-43/h1-28H. The highest BCUT2D eigenvalue weighted by molar-refractivity contribution is 7.26. The molecule has 234 valence electrons. The third-order valence-corrected chi connectivity index (χ3v) is 10.8. The Hall–Kier alpha value is -6.36. The number of furan rings is 1. The number of hydrogen-bond donors (Lipinski definition) is 0. The van der Waals surface area contributed by atoms with E-state index in [1.165, 1.54) is 31.3 Å². The molecule has 0 bridgehead atoms. The van der Waals surface area contributed by atoms with Gasteiger partial charge in [0, 0.05) is 47.6 Å². The van der Waals surface area contributed by atoms with Crippen LogP contribution >= 0.6 is 11.3 Å². The van der Waals surface area contributed by atoms with Gasteiger partial charge < -0.3 is 4.42 Å². The van der Waals surface area contributed by atoms with Gasteiger partial charge in [-0.3, -0.25) is 0 Å². The molecule has 0 aliphatic heterocycles. The lowest BCUT2D eigenvalue weighted by atomic mass is 9.94. The smallest absolute Gasteiger partial charge is 0.160 e. The fourth-order valence-corrected chi connectivity index (χ4v) is 8.32. The van der Waals surface area contributed by atoms with Crippen molar-refractivity contribution < 1.29 is 4.42 Å². The van der Waals surface area contributed by atoms with E-state index in [1.54, 1.807) is 0 Å². The molecule has 0 N–H and O–H groups in total. The quantitative estimate of drug-likeness (QED) is 0.185. The first-order chi connectivity index (χ1) is 24.8. The first-order valence-corrected chi connectivity index (χ1v) is 17.6. The zero-order chi connectivity index (χ0) is 33.0. The molecule has 0 aliphatic rings. The van der Waals surface area contributed by atoms with Crippen molar-refractivity contribution >= 4 is 53.4 Å². The Labute approximate surface area is 292 Å². The lowest BCUT2D eigenvalue weighted by molar-refractivity contribution is 0.669. The van der Waals surface area contributed by atoms with E-state index in [2.05, 4.69) is 146 Å². The number of para-hydroxylation sites is 1. The lowest BCUT2D eigenvalue weighted by Crippen LogP contribution is -1.97.